The summed E-state index contributed by atoms with van der Waals surface area (Å²) in [6, 6.07) is 7.11. The summed E-state index contributed by atoms with van der Waals surface area (Å²) in [5.74, 6) is 0. The third-order valence-corrected chi connectivity index (χ3v) is 4.95. The summed E-state index contributed by atoms with van der Waals surface area (Å²) >= 11 is 0. The number of nitrogens with zero attached hydrogens (tertiary/aromatic N) is 2. The second-order valence-corrected chi connectivity index (χ2v) is 6.43. The molecule has 2 heterocycles. The lowest BCUT2D eigenvalue weighted by molar-refractivity contribution is 0.149. The molecule has 2 N–H and O–H groups in total. The van der Waals surface area contributed by atoms with E-state index < -0.39 is 0 Å². The van der Waals surface area contributed by atoms with Crippen LogP contribution < -0.4 is 5.73 Å². The van der Waals surface area contributed by atoms with Gasteiger partial charge in [0.1, 0.15) is 0 Å². The number of hydrogen-bond acceptors (Lipinski definition) is 3. The highest BCUT2D eigenvalue weighted by molar-refractivity contribution is 5.52. The monoisotopic (exact) mass is 273 g/mol. The van der Waals surface area contributed by atoms with Crippen molar-refractivity contribution in [2.24, 2.45) is 0 Å². The zero-order valence-electron chi connectivity index (χ0n) is 12.6. The van der Waals surface area contributed by atoms with Gasteiger partial charge in [-0.2, -0.15) is 0 Å². The summed E-state index contributed by atoms with van der Waals surface area (Å²) in [7, 11) is 0. The Balaban J connectivity index is 1.46. The van der Waals surface area contributed by atoms with Crippen LogP contribution in [-0.2, 0) is 13.1 Å². The Morgan fingerprint density at radius 2 is 2.10 bits per heavy atom. The summed E-state index contributed by atoms with van der Waals surface area (Å²) in [4.78, 5) is 5.21. The van der Waals surface area contributed by atoms with E-state index in [0.29, 0.717) is 0 Å². The van der Waals surface area contributed by atoms with Crippen LogP contribution in [0.15, 0.2) is 18.2 Å². The van der Waals surface area contributed by atoms with Gasteiger partial charge in [-0.05, 0) is 56.5 Å². The van der Waals surface area contributed by atoms with E-state index in [2.05, 4.69) is 28.9 Å². The Labute approximate surface area is 122 Å². The molecular weight excluding hydrogens is 246 g/mol. The standard InChI is InChI=1S/C17H27N3/c1-14-6-2-3-10-20(14)11-5-9-19-12-15-7-4-8-17(18)16(15)13-19/h4,7-8,14H,2-3,5-6,9-13,18H2,1H3. The molecule has 2 aliphatic rings. The van der Waals surface area contributed by atoms with Gasteiger partial charge in [-0.15, -0.1) is 0 Å². The van der Waals surface area contributed by atoms with Crippen molar-refractivity contribution in [3.05, 3.63) is 29.3 Å². The van der Waals surface area contributed by atoms with E-state index >= 15 is 0 Å². The van der Waals surface area contributed by atoms with Crippen molar-refractivity contribution in [2.45, 2.75) is 51.7 Å². The van der Waals surface area contributed by atoms with Gasteiger partial charge in [-0.25, -0.2) is 0 Å². The van der Waals surface area contributed by atoms with Crippen molar-refractivity contribution in [2.75, 3.05) is 25.4 Å². The first-order chi connectivity index (χ1) is 9.74. The minimum atomic E-state index is 0.787. The number of hydrogen-bond donors (Lipinski definition) is 1. The molecule has 0 saturated carbocycles. The first-order valence-corrected chi connectivity index (χ1v) is 8.06. The molecule has 110 valence electrons. The van der Waals surface area contributed by atoms with Gasteiger partial charge in [0.05, 0.1) is 0 Å². The van der Waals surface area contributed by atoms with Crippen LogP contribution in [0, 0.1) is 0 Å². The van der Waals surface area contributed by atoms with Crippen LogP contribution >= 0.6 is 0 Å². The van der Waals surface area contributed by atoms with E-state index in [-0.39, 0.29) is 0 Å². The summed E-state index contributed by atoms with van der Waals surface area (Å²) in [5.41, 5.74) is 9.82. The molecule has 1 saturated heterocycles. The highest BCUT2D eigenvalue weighted by Gasteiger charge is 2.21. The number of nitrogens with two attached hydrogens (primary N) is 1. The predicted octanol–water partition coefficient (Wildman–Crippen LogP) is 2.85. The SMILES string of the molecule is CC1CCCCN1CCCN1Cc2cccc(N)c2C1. The molecule has 3 rings (SSSR count). The van der Waals surface area contributed by atoms with Crippen LogP contribution in [-0.4, -0.2) is 35.5 Å². The molecule has 3 heteroatoms. The number of rotatable bonds is 4. The third-order valence-electron chi connectivity index (χ3n) is 4.95. The molecule has 3 nitrogen and oxygen atoms in total. The molecule has 0 radical (unpaired) electrons. The number of fused-ring (bicyclic) bond motifs is 1. The van der Waals surface area contributed by atoms with Gasteiger partial charge in [0.25, 0.3) is 0 Å². The summed E-state index contributed by atoms with van der Waals surface area (Å²) < 4.78 is 0. The second kappa shape index (κ2) is 6.15. The Kier molecular flexibility index (Phi) is 4.27. The zero-order chi connectivity index (χ0) is 13.9. The van der Waals surface area contributed by atoms with Crippen molar-refractivity contribution in [1.29, 1.82) is 0 Å². The number of anilines is 1. The smallest absolute Gasteiger partial charge is 0.0363 e. The van der Waals surface area contributed by atoms with Gasteiger partial charge in [0, 0.05) is 31.4 Å². The predicted molar refractivity (Wildman–Crippen MR) is 84.5 cm³/mol. The average molecular weight is 273 g/mol. The molecule has 0 aliphatic carbocycles. The number of likely N-dealkylation sites (tertiary alicyclic amines) is 1. The normalized spacial score (nSPS) is 23.9. The number of piperidine rings is 1. The lowest BCUT2D eigenvalue weighted by Crippen LogP contribution is -2.39. The van der Waals surface area contributed by atoms with E-state index in [4.69, 9.17) is 5.73 Å². The molecule has 0 spiro atoms. The van der Waals surface area contributed by atoms with Gasteiger partial charge in [-0.1, -0.05) is 18.6 Å². The molecule has 0 bridgehead atoms. The van der Waals surface area contributed by atoms with E-state index in [0.717, 1.165) is 24.8 Å². The fourth-order valence-electron chi connectivity index (χ4n) is 3.66. The molecule has 20 heavy (non-hydrogen) atoms. The van der Waals surface area contributed by atoms with E-state index in [1.54, 1.807) is 0 Å². The maximum absolute atomic E-state index is 6.06. The van der Waals surface area contributed by atoms with Crippen molar-refractivity contribution in [3.8, 4) is 0 Å². The van der Waals surface area contributed by atoms with Gasteiger partial charge >= 0.3 is 0 Å². The van der Waals surface area contributed by atoms with Crippen LogP contribution in [0.3, 0.4) is 0 Å². The second-order valence-electron chi connectivity index (χ2n) is 6.43. The summed E-state index contributed by atoms with van der Waals surface area (Å²) in [6.07, 6.45) is 5.46. The van der Waals surface area contributed by atoms with Crippen molar-refractivity contribution in [1.82, 2.24) is 9.80 Å². The van der Waals surface area contributed by atoms with Gasteiger partial charge in [0.2, 0.25) is 0 Å². The van der Waals surface area contributed by atoms with Gasteiger partial charge in [-0.3, -0.25) is 4.90 Å². The molecule has 0 aromatic heterocycles. The molecular formula is C17H27N3. The number of nitrogen functional groups attached to an aromatic ring is 1. The summed E-state index contributed by atoms with van der Waals surface area (Å²) in [5, 5.41) is 0. The molecule has 1 unspecified atom stereocenters. The van der Waals surface area contributed by atoms with Crippen LogP contribution in [0.4, 0.5) is 5.69 Å². The molecule has 1 aromatic carbocycles. The molecule has 1 atom stereocenters. The fourth-order valence-corrected chi connectivity index (χ4v) is 3.66. The maximum atomic E-state index is 6.06. The molecule has 0 amide bonds. The van der Waals surface area contributed by atoms with Gasteiger partial charge in [0.15, 0.2) is 0 Å². The first-order valence-electron chi connectivity index (χ1n) is 8.06. The highest BCUT2D eigenvalue weighted by atomic mass is 15.2. The first kappa shape index (κ1) is 13.9. The molecule has 1 fully saturated rings. The van der Waals surface area contributed by atoms with Crippen molar-refractivity contribution < 1.29 is 0 Å². The van der Waals surface area contributed by atoms with Gasteiger partial charge < -0.3 is 10.6 Å². The Hall–Kier alpha value is -1.06. The minimum absolute atomic E-state index is 0.787. The van der Waals surface area contributed by atoms with Crippen molar-refractivity contribution >= 4 is 5.69 Å². The Bertz CT molecular complexity index is 458. The molecule has 2 aliphatic heterocycles. The maximum Gasteiger partial charge on any atom is 0.0363 e. The zero-order valence-corrected chi connectivity index (χ0v) is 12.6. The summed E-state index contributed by atoms with van der Waals surface area (Å²) in [6.45, 7) is 8.24. The van der Waals surface area contributed by atoms with Crippen molar-refractivity contribution in [3.63, 3.8) is 0 Å². The lowest BCUT2D eigenvalue weighted by Gasteiger charge is -2.33. The quantitative estimate of drug-likeness (QED) is 0.856. The van der Waals surface area contributed by atoms with E-state index in [1.807, 2.05) is 6.07 Å². The topological polar surface area (TPSA) is 32.5 Å². The average Bonchev–Trinajstić information content (AvgIpc) is 2.85. The van der Waals surface area contributed by atoms with Crippen LogP contribution in [0.1, 0.15) is 43.7 Å². The van der Waals surface area contributed by atoms with Crippen LogP contribution in [0.25, 0.3) is 0 Å². The Morgan fingerprint density at radius 3 is 2.90 bits per heavy atom. The largest absolute Gasteiger partial charge is 0.398 e. The minimum Gasteiger partial charge on any atom is -0.398 e. The third kappa shape index (κ3) is 2.99. The number of benzene rings is 1. The van der Waals surface area contributed by atoms with Crippen LogP contribution in [0.2, 0.25) is 0 Å². The Morgan fingerprint density at radius 1 is 1.20 bits per heavy atom. The highest BCUT2D eigenvalue weighted by Crippen LogP contribution is 2.27. The lowest BCUT2D eigenvalue weighted by atomic mass is 10.0. The van der Waals surface area contributed by atoms with Crippen LogP contribution in [0.5, 0.6) is 0 Å². The van der Waals surface area contributed by atoms with E-state index in [9.17, 15) is 0 Å². The molecule has 1 aromatic rings. The van der Waals surface area contributed by atoms with E-state index in [1.165, 1.54) is 56.4 Å². The fraction of sp³-hybridized carbons (Fsp3) is 0.647.